The average molecular weight is 524 g/mol. The number of carbonyl (C=O) groups excluding carboxylic acids is 1. The number of benzene rings is 3. The van der Waals surface area contributed by atoms with Crippen LogP contribution in [0.25, 0.3) is 0 Å². The normalized spacial score (nSPS) is 11.3. The fraction of sp³-hybridized carbons (Fsp3) is 0.208. The Kier molecular flexibility index (Phi) is 8.70. The zero-order chi connectivity index (χ0) is 24.0. The van der Waals surface area contributed by atoms with Crippen LogP contribution in [0.4, 0.5) is 5.69 Å². The molecule has 0 heterocycles. The second-order valence-corrected chi connectivity index (χ2v) is 11.0. The summed E-state index contributed by atoms with van der Waals surface area (Å²) in [6.07, 6.45) is 0. The maximum absolute atomic E-state index is 13.0. The van der Waals surface area contributed by atoms with Gasteiger partial charge in [0.05, 0.1) is 10.6 Å². The summed E-state index contributed by atoms with van der Waals surface area (Å²) < 4.78 is 28.5. The summed E-state index contributed by atoms with van der Waals surface area (Å²) in [4.78, 5) is 12.7. The van der Waals surface area contributed by atoms with Gasteiger partial charge in [-0.1, -0.05) is 53.5 Å². The van der Waals surface area contributed by atoms with Gasteiger partial charge in [-0.15, -0.1) is 0 Å². The molecule has 3 rings (SSSR count). The van der Waals surface area contributed by atoms with Gasteiger partial charge in [-0.2, -0.15) is 11.8 Å². The van der Waals surface area contributed by atoms with E-state index in [1.54, 1.807) is 55.1 Å². The predicted octanol–water partition coefficient (Wildman–Crippen LogP) is 6.07. The topological polar surface area (TPSA) is 75.3 Å². The molecule has 1 amide bonds. The number of rotatable bonds is 9. The van der Waals surface area contributed by atoms with E-state index in [0.717, 1.165) is 11.1 Å². The van der Waals surface area contributed by atoms with Crippen LogP contribution in [-0.4, -0.2) is 26.6 Å². The first-order valence-electron chi connectivity index (χ1n) is 10.2. The number of thioether (sulfide) groups is 1. The van der Waals surface area contributed by atoms with Crippen LogP contribution in [0.5, 0.6) is 0 Å². The molecule has 0 saturated heterocycles. The molecule has 174 valence electrons. The van der Waals surface area contributed by atoms with Gasteiger partial charge < -0.3 is 5.32 Å². The number of carbonyl (C=O) groups is 1. The number of para-hydroxylation sites is 1. The smallest absolute Gasteiger partial charge is 0.262 e. The Labute approximate surface area is 208 Å². The molecule has 0 fully saturated rings. The van der Waals surface area contributed by atoms with Gasteiger partial charge in [0.15, 0.2) is 0 Å². The Morgan fingerprint density at radius 1 is 0.970 bits per heavy atom. The molecule has 0 atom stereocenters. The van der Waals surface area contributed by atoms with Crippen LogP contribution in [-0.2, 0) is 15.8 Å². The molecule has 0 radical (unpaired) electrons. The van der Waals surface area contributed by atoms with Crippen molar-refractivity contribution in [1.29, 1.82) is 0 Å². The van der Waals surface area contributed by atoms with E-state index >= 15 is 0 Å². The van der Waals surface area contributed by atoms with E-state index < -0.39 is 10.0 Å². The molecule has 0 aliphatic carbocycles. The van der Waals surface area contributed by atoms with Gasteiger partial charge in [-0.25, -0.2) is 8.42 Å². The SMILES string of the molecule is Cc1ccccc1NS(=O)(=O)c1cc(C(=O)NCCSCc2ccc(Cl)cc2Cl)ccc1C. The van der Waals surface area contributed by atoms with Crippen LogP contribution in [0.15, 0.2) is 65.6 Å². The third-order valence-electron chi connectivity index (χ3n) is 4.93. The number of nitrogens with one attached hydrogen (secondary N) is 2. The molecule has 3 aromatic carbocycles. The molecule has 3 aromatic rings. The summed E-state index contributed by atoms with van der Waals surface area (Å²) in [5, 5.41) is 4.05. The third kappa shape index (κ3) is 6.90. The Morgan fingerprint density at radius 2 is 1.73 bits per heavy atom. The van der Waals surface area contributed by atoms with E-state index in [0.29, 0.717) is 39.3 Å². The average Bonchev–Trinajstić information content (AvgIpc) is 2.76. The summed E-state index contributed by atoms with van der Waals surface area (Å²) in [5.74, 6) is 1.05. The van der Waals surface area contributed by atoms with Gasteiger partial charge in [0.1, 0.15) is 0 Å². The first-order valence-corrected chi connectivity index (χ1v) is 13.6. The standard InChI is InChI=1S/C24H24Cl2N2O3S2/c1-16-5-3-4-6-22(16)28-33(30,31)23-13-18(8-7-17(23)2)24(29)27-11-12-32-15-19-9-10-20(25)14-21(19)26/h3-10,13-14,28H,11-12,15H2,1-2H3,(H,27,29). The summed E-state index contributed by atoms with van der Waals surface area (Å²) in [6, 6.07) is 17.2. The minimum absolute atomic E-state index is 0.0742. The van der Waals surface area contributed by atoms with Gasteiger partial charge in [0.2, 0.25) is 0 Å². The van der Waals surface area contributed by atoms with Gasteiger partial charge in [0.25, 0.3) is 15.9 Å². The van der Waals surface area contributed by atoms with E-state index in [1.165, 1.54) is 6.07 Å². The fourth-order valence-corrected chi connectivity index (χ4v) is 5.90. The molecular weight excluding hydrogens is 499 g/mol. The number of aryl methyl sites for hydroxylation is 2. The van der Waals surface area contributed by atoms with Gasteiger partial charge >= 0.3 is 0 Å². The zero-order valence-corrected chi connectivity index (χ0v) is 21.3. The number of anilines is 1. The fourth-order valence-electron chi connectivity index (χ4n) is 3.08. The number of sulfonamides is 1. The maximum atomic E-state index is 13.0. The monoisotopic (exact) mass is 522 g/mol. The first-order chi connectivity index (χ1) is 15.7. The summed E-state index contributed by atoms with van der Waals surface area (Å²) in [5.41, 5.74) is 3.14. The molecule has 0 aromatic heterocycles. The largest absolute Gasteiger partial charge is 0.351 e. The van der Waals surface area contributed by atoms with Crippen molar-refractivity contribution in [3.63, 3.8) is 0 Å². The summed E-state index contributed by atoms with van der Waals surface area (Å²) >= 11 is 13.7. The molecule has 0 aliphatic rings. The highest BCUT2D eigenvalue weighted by Crippen LogP contribution is 2.25. The van der Waals surface area contributed by atoms with E-state index in [2.05, 4.69) is 10.0 Å². The van der Waals surface area contributed by atoms with Crippen LogP contribution in [0.3, 0.4) is 0 Å². The van der Waals surface area contributed by atoms with E-state index in [9.17, 15) is 13.2 Å². The number of amides is 1. The van der Waals surface area contributed by atoms with Gasteiger partial charge in [-0.05, 0) is 60.9 Å². The Bertz CT molecular complexity index is 1260. The highest BCUT2D eigenvalue weighted by atomic mass is 35.5. The molecule has 2 N–H and O–H groups in total. The lowest BCUT2D eigenvalue weighted by Crippen LogP contribution is -2.26. The van der Waals surface area contributed by atoms with Crippen molar-refractivity contribution in [3.05, 3.63) is 93.0 Å². The van der Waals surface area contributed by atoms with E-state index in [-0.39, 0.29) is 16.4 Å². The van der Waals surface area contributed by atoms with Crippen LogP contribution >= 0.6 is 35.0 Å². The van der Waals surface area contributed by atoms with Crippen molar-refractivity contribution < 1.29 is 13.2 Å². The highest BCUT2D eigenvalue weighted by Gasteiger charge is 2.20. The molecule has 33 heavy (non-hydrogen) atoms. The van der Waals surface area contributed by atoms with Crippen LogP contribution < -0.4 is 10.0 Å². The van der Waals surface area contributed by atoms with Crippen molar-refractivity contribution >= 4 is 56.6 Å². The van der Waals surface area contributed by atoms with E-state index in [4.69, 9.17) is 23.2 Å². The molecule has 0 spiro atoms. The molecule has 5 nitrogen and oxygen atoms in total. The Hall–Kier alpha value is -2.19. The number of hydrogen-bond acceptors (Lipinski definition) is 4. The van der Waals surface area contributed by atoms with Crippen LogP contribution in [0, 0.1) is 13.8 Å². The molecular formula is C24H24Cl2N2O3S2. The number of halogens is 2. The minimum Gasteiger partial charge on any atom is -0.351 e. The van der Waals surface area contributed by atoms with Crippen molar-refractivity contribution in [2.24, 2.45) is 0 Å². The highest BCUT2D eigenvalue weighted by molar-refractivity contribution is 7.98. The van der Waals surface area contributed by atoms with Crippen molar-refractivity contribution in [1.82, 2.24) is 5.32 Å². The Morgan fingerprint density at radius 3 is 2.45 bits per heavy atom. The quantitative estimate of drug-likeness (QED) is 0.334. The molecule has 9 heteroatoms. The van der Waals surface area contributed by atoms with Gasteiger partial charge in [0, 0.05) is 33.7 Å². The van der Waals surface area contributed by atoms with Crippen molar-refractivity contribution in [3.8, 4) is 0 Å². The van der Waals surface area contributed by atoms with E-state index in [1.807, 2.05) is 25.1 Å². The molecule has 0 saturated carbocycles. The molecule has 0 bridgehead atoms. The summed E-state index contributed by atoms with van der Waals surface area (Å²) in [6.45, 7) is 3.96. The molecule has 0 aliphatic heterocycles. The van der Waals surface area contributed by atoms with Crippen molar-refractivity contribution in [2.75, 3.05) is 17.0 Å². The molecule has 0 unspecified atom stereocenters. The van der Waals surface area contributed by atoms with Crippen LogP contribution in [0.1, 0.15) is 27.0 Å². The zero-order valence-electron chi connectivity index (χ0n) is 18.2. The van der Waals surface area contributed by atoms with Gasteiger partial charge in [-0.3, -0.25) is 9.52 Å². The Balaban J connectivity index is 1.60. The lowest BCUT2D eigenvalue weighted by atomic mass is 10.1. The minimum atomic E-state index is -3.85. The van der Waals surface area contributed by atoms with Crippen molar-refractivity contribution in [2.45, 2.75) is 24.5 Å². The first kappa shape index (κ1) is 25.4. The second-order valence-electron chi connectivity index (χ2n) is 7.44. The third-order valence-corrected chi connectivity index (χ3v) is 8.04. The lowest BCUT2D eigenvalue weighted by Gasteiger charge is -2.13. The predicted molar refractivity (Wildman–Crippen MR) is 138 cm³/mol. The maximum Gasteiger partial charge on any atom is 0.262 e. The number of hydrogen-bond donors (Lipinski definition) is 2. The summed E-state index contributed by atoms with van der Waals surface area (Å²) in [7, 11) is -3.85. The second kappa shape index (κ2) is 11.3. The lowest BCUT2D eigenvalue weighted by molar-refractivity contribution is 0.0956. The van der Waals surface area contributed by atoms with Crippen LogP contribution in [0.2, 0.25) is 10.0 Å².